The molecule has 4 fully saturated rings. The molecule has 2 heterocycles. The summed E-state index contributed by atoms with van der Waals surface area (Å²) in [5.41, 5.74) is 4.20. The highest BCUT2D eigenvalue weighted by atomic mass is 35.5. The number of nitriles is 1. The lowest BCUT2D eigenvalue weighted by Gasteiger charge is -2.56. The Hall–Kier alpha value is -4.40. The molecule has 58 heavy (non-hydrogen) atoms. The van der Waals surface area contributed by atoms with Crippen molar-refractivity contribution < 1.29 is 23.8 Å². The van der Waals surface area contributed by atoms with Crippen LogP contribution in [0.3, 0.4) is 0 Å². The average Bonchev–Trinajstić information content (AvgIpc) is 3.52. The predicted molar refractivity (Wildman–Crippen MR) is 230 cm³/mol. The summed E-state index contributed by atoms with van der Waals surface area (Å²) in [6, 6.07) is 9.12. The second-order valence-corrected chi connectivity index (χ2v) is 17.6. The first-order valence-electron chi connectivity index (χ1n) is 20.2. The van der Waals surface area contributed by atoms with Crippen molar-refractivity contribution in [2.45, 2.75) is 52.4 Å². The molecule has 0 radical (unpaired) electrons. The number of hydrogen-bond donors (Lipinski definition) is 1. The Morgan fingerprint density at radius 3 is 2.48 bits per heavy atom. The quantitative estimate of drug-likeness (QED) is 0.209. The van der Waals surface area contributed by atoms with Gasteiger partial charge in [0, 0.05) is 73.7 Å². The zero-order valence-corrected chi connectivity index (χ0v) is 35.6. The van der Waals surface area contributed by atoms with Gasteiger partial charge in [0.1, 0.15) is 17.6 Å². The molecule has 1 N–H and O–H groups in total. The molecule has 2 aromatic carbocycles. The van der Waals surface area contributed by atoms with Gasteiger partial charge in [0.05, 0.1) is 53.3 Å². The second-order valence-electron chi connectivity index (χ2n) is 16.8. The predicted octanol–water partition coefficient (Wildman–Crippen LogP) is 9.22. The van der Waals surface area contributed by atoms with Gasteiger partial charge in [0.25, 0.3) is 0 Å². The Labute approximate surface area is 351 Å². The summed E-state index contributed by atoms with van der Waals surface area (Å²) >= 11 is 12.6. The number of carbonyl (C=O) groups excluding carboxylic acids is 2. The number of anilines is 2. The molecule has 3 aromatic rings. The SMILES string of the molecule is C=C1C[C@@H]2[C@H](CC[C@]3(C)C(=O)CC[C@@H]23)[C@@]2(C)C=CC(=O)C=C12.COc1cc(Nc2c(C#N)cnc3cc(OCCCN4CCN(C)CC4)c(OC)cc23)c(Cl)cc1Cl. The molecule has 1 saturated heterocycles. The zero-order valence-electron chi connectivity index (χ0n) is 34.1. The van der Waals surface area contributed by atoms with E-state index in [1.807, 2.05) is 12.1 Å². The topological polar surface area (TPSA) is 117 Å². The van der Waals surface area contributed by atoms with E-state index in [4.69, 9.17) is 37.4 Å². The van der Waals surface area contributed by atoms with Crippen molar-refractivity contribution in [1.82, 2.24) is 14.8 Å². The van der Waals surface area contributed by atoms with Crippen molar-refractivity contribution in [1.29, 1.82) is 5.26 Å². The van der Waals surface area contributed by atoms with Crippen molar-refractivity contribution in [3.63, 3.8) is 0 Å². The van der Waals surface area contributed by atoms with Crippen LogP contribution in [0.25, 0.3) is 10.9 Å². The molecule has 12 heteroatoms. The van der Waals surface area contributed by atoms with Crippen molar-refractivity contribution in [2.24, 2.45) is 28.6 Å². The number of ether oxygens (including phenoxy) is 3. The van der Waals surface area contributed by atoms with Crippen LogP contribution in [0, 0.1) is 39.9 Å². The number of hydrogen-bond acceptors (Lipinski definition) is 10. The van der Waals surface area contributed by atoms with E-state index in [9.17, 15) is 14.9 Å². The lowest BCUT2D eigenvalue weighted by Crippen LogP contribution is -2.50. The molecule has 4 aliphatic carbocycles. The molecule has 1 aromatic heterocycles. The summed E-state index contributed by atoms with van der Waals surface area (Å²) < 4.78 is 17.0. The number of Topliss-reactive ketones (excluding diaryl/α,β-unsaturated/α-hetero) is 1. The number of carbonyl (C=O) groups is 2. The summed E-state index contributed by atoms with van der Waals surface area (Å²) in [7, 11) is 5.27. The van der Waals surface area contributed by atoms with Crippen LogP contribution in [0.4, 0.5) is 11.4 Å². The third-order valence-corrected chi connectivity index (χ3v) is 14.1. The number of ketones is 2. The van der Waals surface area contributed by atoms with Crippen molar-refractivity contribution in [2.75, 3.05) is 65.9 Å². The first-order chi connectivity index (χ1) is 27.8. The molecule has 5 aliphatic rings. The van der Waals surface area contributed by atoms with E-state index >= 15 is 0 Å². The third kappa shape index (κ3) is 7.99. The first-order valence-corrected chi connectivity index (χ1v) is 21.0. The summed E-state index contributed by atoms with van der Waals surface area (Å²) in [5, 5.41) is 14.5. The van der Waals surface area contributed by atoms with Gasteiger partial charge in [0.2, 0.25) is 0 Å². The molecule has 0 unspecified atom stereocenters. The molecule has 3 saturated carbocycles. The normalized spacial score (nSPS) is 26.8. The molecule has 306 valence electrons. The maximum absolute atomic E-state index is 12.4. The molecule has 10 nitrogen and oxygen atoms in total. The number of nitrogens with zero attached hydrogens (tertiary/aromatic N) is 4. The maximum Gasteiger partial charge on any atom is 0.178 e. The second kappa shape index (κ2) is 17.1. The van der Waals surface area contributed by atoms with Crippen molar-refractivity contribution >= 4 is 57.0 Å². The first kappa shape index (κ1) is 41.7. The molecular weight excluding hydrogens is 773 g/mol. The van der Waals surface area contributed by atoms with Gasteiger partial charge in [-0.1, -0.05) is 55.3 Å². The Morgan fingerprint density at radius 2 is 1.76 bits per heavy atom. The van der Waals surface area contributed by atoms with Gasteiger partial charge in [-0.05, 0) is 86.8 Å². The van der Waals surface area contributed by atoms with E-state index in [0.29, 0.717) is 85.3 Å². The zero-order chi connectivity index (χ0) is 41.4. The van der Waals surface area contributed by atoms with Gasteiger partial charge in [-0.2, -0.15) is 5.26 Å². The van der Waals surface area contributed by atoms with Crippen LogP contribution in [0.5, 0.6) is 17.2 Å². The minimum Gasteiger partial charge on any atom is -0.495 e. The highest BCUT2D eigenvalue weighted by Gasteiger charge is 2.59. The van der Waals surface area contributed by atoms with E-state index < -0.39 is 0 Å². The van der Waals surface area contributed by atoms with E-state index in [-0.39, 0.29) is 16.6 Å². The number of methoxy groups -OCH3 is 2. The molecule has 0 amide bonds. The largest absolute Gasteiger partial charge is 0.495 e. The van der Waals surface area contributed by atoms with Gasteiger partial charge in [0.15, 0.2) is 17.3 Å². The summed E-state index contributed by atoms with van der Waals surface area (Å²) in [4.78, 5) is 33.5. The Bertz CT molecular complexity index is 2230. The lowest BCUT2D eigenvalue weighted by molar-refractivity contribution is -0.131. The third-order valence-electron chi connectivity index (χ3n) is 13.5. The van der Waals surface area contributed by atoms with E-state index in [0.717, 1.165) is 82.4 Å². The van der Waals surface area contributed by atoms with Crippen LogP contribution >= 0.6 is 23.2 Å². The van der Waals surface area contributed by atoms with Gasteiger partial charge in [-0.25, -0.2) is 0 Å². The average molecular weight is 827 g/mol. The molecule has 5 atom stereocenters. The smallest absolute Gasteiger partial charge is 0.178 e. The Morgan fingerprint density at radius 1 is 1.00 bits per heavy atom. The van der Waals surface area contributed by atoms with Gasteiger partial charge < -0.3 is 29.3 Å². The number of benzene rings is 2. The number of piperazine rings is 1. The highest BCUT2D eigenvalue weighted by molar-refractivity contribution is 6.37. The Balaban J connectivity index is 0.000000197. The van der Waals surface area contributed by atoms with E-state index in [2.05, 4.69) is 59.7 Å². The monoisotopic (exact) mass is 825 g/mol. The summed E-state index contributed by atoms with van der Waals surface area (Å²) in [6.45, 7) is 14.7. The van der Waals surface area contributed by atoms with Crippen LogP contribution in [0.15, 0.2) is 66.4 Å². The maximum atomic E-state index is 12.4. The number of aromatic nitrogens is 1. The van der Waals surface area contributed by atoms with Crippen LogP contribution in [0.2, 0.25) is 10.0 Å². The number of fused-ring (bicyclic) bond motifs is 6. The number of pyridine rings is 1. The Kier molecular flexibility index (Phi) is 12.3. The van der Waals surface area contributed by atoms with Gasteiger partial charge >= 0.3 is 0 Å². The molecule has 8 rings (SSSR count). The van der Waals surface area contributed by atoms with Gasteiger partial charge in [-0.3, -0.25) is 14.6 Å². The molecule has 0 spiro atoms. The molecular formula is C46H53Cl2N5O5. The fraction of sp³-hybridized carbons (Fsp3) is 0.478. The van der Waals surface area contributed by atoms with Crippen molar-refractivity contribution in [3.05, 3.63) is 82.0 Å². The van der Waals surface area contributed by atoms with Crippen LogP contribution in [0.1, 0.15) is 57.9 Å². The van der Waals surface area contributed by atoms with Crippen LogP contribution in [-0.2, 0) is 9.59 Å². The van der Waals surface area contributed by atoms with Crippen molar-refractivity contribution in [3.8, 4) is 23.3 Å². The fourth-order valence-corrected chi connectivity index (χ4v) is 10.6. The minimum atomic E-state index is -0.104. The number of allylic oxidation sites excluding steroid dienone is 5. The minimum absolute atomic E-state index is 0.0686. The van der Waals surface area contributed by atoms with E-state index in [1.165, 1.54) is 13.3 Å². The molecule has 0 bridgehead atoms. The standard InChI is InChI=1S/C26H29Cl2N5O3.C20H24O2/c1-32-6-8-33(9-7-32)5-4-10-36-25-13-21-18(11-24(25)35-3)26(17(15-29)16-30-21)31-22-14-23(34-2)20(28)12-19(22)27;1-12-10-14-15-4-5-18(22)20(15,3)9-7-16(14)19(2)8-6-13(21)11-17(12)19/h11-14,16H,4-10H2,1-3H3,(H,30,31);6,8,11,14-16H,1,4-5,7,9-10H2,2-3H3/t;14-,15-,16-,19+,20-/m.0/s1. The fourth-order valence-electron chi connectivity index (χ4n) is 10.1. The summed E-state index contributed by atoms with van der Waals surface area (Å²) in [5.74, 6) is 3.77. The summed E-state index contributed by atoms with van der Waals surface area (Å²) in [6.07, 6.45) is 12.9. The number of halogens is 2. The molecule has 1 aliphatic heterocycles. The number of nitrogens with one attached hydrogen (secondary N) is 1. The van der Waals surface area contributed by atoms with Crippen LogP contribution < -0.4 is 19.5 Å². The van der Waals surface area contributed by atoms with Crippen LogP contribution in [-0.4, -0.2) is 86.9 Å². The highest BCUT2D eigenvalue weighted by Crippen LogP contribution is 2.64. The number of rotatable bonds is 9. The van der Waals surface area contributed by atoms with E-state index in [1.54, 1.807) is 31.4 Å². The number of likely N-dealkylation sites (N-methyl/N-ethyl adjacent to an activating group) is 1. The van der Waals surface area contributed by atoms with Gasteiger partial charge in [-0.15, -0.1) is 0 Å². The lowest BCUT2D eigenvalue weighted by atomic mass is 9.48.